The Kier molecular flexibility index (Phi) is 3.43. The summed E-state index contributed by atoms with van der Waals surface area (Å²) >= 11 is 0. The predicted octanol–water partition coefficient (Wildman–Crippen LogP) is -2.08. The Hall–Kier alpha value is -2.32. The fourth-order valence-electron chi connectivity index (χ4n) is 0.842. The van der Waals surface area contributed by atoms with Crippen molar-refractivity contribution in [1.82, 2.24) is 25.6 Å². The number of carbonyl (C=O) groups excluding carboxylic acids is 1. The number of rotatable bonds is 0. The van der Waals surface area contributed by atoms with Crippen molar-refractivity contribution in [1.29, 1.82) is 0 Å². The lowest BCUT2D eigenvalue weighted by Crippen LogP contribution is -2.20. The smallest absolute Gasteiger partial charge is 0.314 e. The molecule has 0 aromatic carbocycles. The van der Waals surface area contributed by atoms with Gasteiger partial charge in [-0.2, -0.15) is 15.0 Å². The minimum Gasteiger partial charge on any atom is -0.368 e. The zero-order valence-corrected chi connectivity index (χ0v) is 7.90. The van der Waals surface area contributed by atoms with Crippen molar-refractivity contribution in [2.45, 2.75) is 0 Å². The molecule has 15 heavy (non-hydrogen) atoms. The molecule has 1 saturated heterocycles. The van der Waals surface area contributed by atoms with Crippen molar-refractivity contribution in [3.8, 4) is 0 Å². The Balaban J connectivity index is 0.000000162. The van der Waals surface area contributed by atoms with Gasteiger partial charge in [-0.1, -0.05) is 0 Å². The molecular formula is C6H12N8O. The van der Waals surface area contributed by atoms with Gasteiger partial charge in [-0.05, 0) is 0 Å². The van der Waals surface area contributed by atoms with Crippen LogP contribution in [0.15, 0.2) is 0 Å². The molecule has 0 atom stereocenters. The Bertz CT molecular complexity index is 295. The van der Waals surface area contributed by atoms with E-state index in [0.717, 1.165) is 13.1 Å². The number of nitrogens with zero attached hydrogens (tertiary/aromatic N) is 3. The van der Waals surface area contributed by atoms with Crippen molar-refractivity contribution >= 4 is 23.9 Å². The molecule has 0 spiro atoms. The molecule has 0 unspecified atom stereocenters. The van der Waals surface area contributed by atoms with Crippen LogP contribution in [0.4, 0.5) is 22.6 Å². The lowest BCUT2D eigenvalue weighted by atomic mass is 10.7. The fraction of sp³-hybridized carbons (Fsp3) is 0.333. The summed E-state index contributed by atoms with van der Waals surface area (Å²) in [6.45, 7) is 1.55. The maximum Gasteiger partial charge on any atom is 0.314 e. The molecule has 9 nitrogen and oxygen atoms in total. The minimum absolute atomic E-state index is 0.0417. The van der Waals surface area contributed by atoms with E-state index in [1.807, 2.05) is 0 Å². The van der Waals surface area contributed by atoms with E-state index in [2.05, 4.69) is 25.6 Å². The van der Waals surface area contributed by atoms with E-state index in [1.165, 1.54) is 0 Å². The zero-order valence-electron chi connectivity index (χ0n) is 7.90. The number of nitrogens with two attached hydrogens (primary N) is 3. The molecule has 0 aliphatic carbocycles. The first-order valence-corrected chi connectivity index (χ1v) is 4.12. The summed E-state index contributed by atoms with van der Waals surface area (Å²) in [5.74, 6) is 0.125. The summed E-state index contributed by atoms with van der Waals surface area (Å²) < 4.78 is 0. The Labute approximate surface area is 85.5 Å². The van der Waals surface area contributed by atoms with Gasteiger partial charge in [0.1, 0.15) is 0 Å². The number of nitrogen functional groups attached to an aromatic ring is 3. The average molecular weight is 212 g/mol. The van der Waals surface area contributed by atoms with Crippen molar-refractivity contribution in [2.24, 2.45) is 0 Å². The van der Waals surface area contributed by atoms with Crippen LogP contribution in [0, 0.1) is 0 Å². The first-order chi connectivity index (χ1) is 7.08. The molecular weight excluding hydrogens is 200 g/mol. The molecule has 2 heterocycles. The highest BCUT2D eigenvalue weighted by molar-refractivity contribution is 5.75. The second-order valence-corrected chi connectivity index (χ2v) is 2.59. The molecule has 0 saturated carbocycles. The molecule has 2 rings (SSSR count). The maximum atomic E-state index is 10.0. The number of urea groups is 1. The molecule has 0 bridgehead atoms. The molecule has 0 radical (unpaired) electrons. The fourth-order valence-corrected chi connectivity index (χ4v) is 0.842. The maximum absolute atomic E-state index is 10.0. The summed E-state index contributed by atoms with van der Waals surface area (Å²) in [5, 5.41) is 5.14. The topological polar surface area (TPSA) is 158 Å². The molecule has 1 aromatic heterocycles. The quantitative estimate of drug-likeness (QED) is 0.330. The number of aromatic nitrogens is 3. The highest BCUT2D eigenvalue weighted by Gasteiger charge is 2.03. The van der Waals surface area contributed by atoms with Crippen LogP contribution in [-0.2, 0) is 0 Å². The van der Waals surface area contributed by atoms with Gasteiger partial charge in [0.2, 0.25) is 17.8 Å². The van der Waals surface area contributed by atoms with Crippen LogP contribution in [0.25, 0.3) is 0 Å². The summed E-state index contributed by atoms with van der Waals surface area (Å²) in [7, 11) is 0. The van der Waals surface area contributed by atoms with Crippen molar-refractivity contribution in [2.75, 3.05) is 30.3 Å². The van der Waals surface area contributed by atoms with Gasteiger partial charge < -0.3 is 27.8 Å². The number of amides is 2. The molecule has 1 aliphatic heterocycles. The number of hydrogen-bond donors (Lipinski definition) is 5. The van der Waals surface area contributed by atoms with Crippen LogP contribution < -0.4 is 27.8 Å². The standard InChI is InChI=1S/C3H6N6.C3H6N2O/c4-1-7-2(5)9-3(6)8-1;6-3-4-1-2-5-3/h(H6,4,5,6,7,8,9);1-2H2,(H2,4,5,6). The van der Waals surface area contributed by atoms with E-state index in [9.17, 15) is 4.79 Å². The Morgan fingerprint density at radius 3 is 1.40 bits per heavy atom. The van der Waals surface area contributed by atoms with Crippen LogP contribution >= 0.6 is 0 Å². The van der Waals surface area contributed by atoms with Gasteiger partial charge in [0.15, 0.2) is 0 Å². The molecule has 1 aliphatic rings. The van der Waals surface area contributed by atoms with Gasteiger partial charge in [-0.3, -0.25) is 0 Å². The largest absolute Gasteiger partial charge is 0.368 e. The van der Waals surface area contributed by atoms with Crippen LogP contribution in [0.3, 0.4) is 0 Å². The molecule has 1 fully saturated rings. The lowest BCUT2D eigenvalue weighted by Gasteiger charge is -1.93. The first kappa shape index (κ1) is 10.8. The SMILES string of the molecule is Nc1nc(N)nc(N)n1.O=C1NCCN1. The summed E-state index contributed by atoms with van der Waals surface area (Å²) in [5.41, 5.74) is 15.4. The summed E-state index contributed by atoms with van der Waals surface area (Å²) in [6, 6.07) is -0.0463. The van der Waals surface area contributed by atoms with Crippen molar-refractivity contribution in [3.63, 3.8) is 0 Å². The Morgan fingerprint density at radius 2 is 1.20 bits per heavy atom. The second-order valence-electron chi connectivity index (χ2n) is 2.59. The van der Waals surface area contributed by atoms with E-state index in [0.29, 0.717) is 0 Å². The van der Waals surface area contributed by atoms with E-state index in [1.54, 1.807) is 0 Å². The third kappa shape index (κ3) is 3.93. The van der Waals surface area contributed by atoms with Gasteiger partial charge in [0.05, 0.1) is 0 Å². The lowest BCUT2D eigenvalue weighted by molar-refractivity contribution is 0.248. The molecule has 82 valence electrons. The van der Waals surface area contributed by atoms with E-state index >= 15 is 0 Å². The Morgan fingerprint density at radius 1 is 0.867 bits per heavy atom. The number of anilines is 3. The minimum atomic E-state index is -0.0463. The summed E-state index contributed by atoms with van der Waals surface area (Å²) in [4.78, 5) is 20.5. The third-order valence-corrected chi connectivity index (χ3v) is 1.38. The zero-order chi connectivity index (χ0) is 11.3. The molecule has 9 heteroatoms. The highest BCUT2D eigenvalue weighted by atomic mass is 16.2. The van der Waals surface area contributed by atoms with Gasteiger partial charge >= 0.3 is 6.03 Å². The molecule has 1 aromatic rings. The van der Waals surface area contributed by atoms with Crippen LogP contribution in [0.5, 0.6) is 0 Å². The average Bonchev–Trinajstić information content (AvgIpc) is 2.54. The predicted molar refractivity (Wildman–Crippen MR) is 54.5 cm³/mol. The van der Waals surface area contributed by atoms with Crippen molar-refractivity contribution in [3.05, 3.63) is 0 Å². The monoisotopic (exact) mass is 212 g/mol. The van der Waals surface area contributed by atoms with Crippen LogP contribution in [0.2, 0.25) is 0 Å². The van der Waals surface area contributed by atoms with Crippen LogP contribution in [-0.4, -0.2) is 34.1 Å². The van der Waals surface area contributed by atoms with E-state index in [-0.39, 0.29) is 23.9 Å². The number of hydrogen-bond acceptors (Lipinski definition) is 7. The van der Waals surface area contributed by atoms with Gasteiger partial charge in [0.25, 0.3) is 0 Å². The summed E-state index contributed by atoms with van der Waals surface area (Å²) in [6.07, 6.45) is 0. The third-order valence-electron chi connectivity index (χ3n) is 1.38. The first-order valence-electron chi connectivity index (χ1n) is 4.12. The van der Waals surface area contributed by atoms with Gasteiger partial charge in [-0.25, -0.2) is 4.79 Å². The van der Waals surface area contributed by atoms with Crippen LogP contribution in [0.1, 0.15) is 0 Å². The normalized spacial score (nSPS) is 13.5. The van der Waals surface area contributed by atoms with Gasteiger partial charge in [0, 0.05) is 13.1 Å². The van der Waals surface area contributed by atoms with Crippen molar-refractivity contribution < 1.29 is 4.79 Å². The van der Waals surface area contributed by atoms with E-state index < -0.39 is 0 Å². The molecule has 8 N–H and O–H groups in total. The number of carbonyl (C=O) groups is 1. The van der Waals surface area contributed by atoms with E-state index in [4.69, 9.17) is 17.2 Å². The molecule has 2 amide bonds. The number of nitrogens with one attached hydrogen (secondary N) is 2. The second kappa shape index (κ2) is 4.79. The highest BCUT2D eigenvalue weighted by Crippen LogP contribution is 1.97. The van der Waals surface area contributed by atoms with Gasteiger partial charge in [-0.15, -0.1) is 0 Å².